The number of rotatable bonds is 5. The zero-order chi connectivity index (χ0) is 17.2. The summed E-state index contributed by atoms with van der Waals surface area (Å²) >= 11 is 0. The number of nitrogens with one attached hydrogen (secondary N) is 1. The number of hydrogen-bond donors (Lipinski definition) is 1. The van der Waals surface area contributed by atoms with Gasteiger partial charge in [-0.05, 0) is 50.2 Å². The molecular formula is C20H25N3O2. The predicted octanol–water partition coefficient (Wildman–Crippen LogP) is 3.56. The first-order valence-electron chi connectivity index (χ1n) is 9.30. The van der Waals surface area contributed by atoms with Crippen LogP contribution in [-0.2, 0) is 16.0 Å². The molecule has 1 fully saturated rings. The molecule has 0 spiro atoms. The van der Waals surface area contributed by atoms with Gasteiger partial charge in [-0.2, -0.15) is 5.10 Å². The first-order valence-corrected chi connectivity index (χ1v) is 9.30. The molecule has 5 nitrogen and oxygen atoms in total. The lowest BCUT2D eigenvalue weighted by Gasteiger charge is -2.34. The minimum Gasteiger partial charge on any atom is -0.378 e. The van der Waals surface area contributed by atoms with Gasteiger partial charge in [0, 0.05) is 18.6 Å². The van der Waals surface area contributed by atoms with Gasteiger partial charge < -0.3 is 10.1 Å². The number of hydrogen-bond acceptors (Lipinski definition) is 3. The van der Waals surface area contributed by atoms with Crippen LogP contribution in [0.1, 0.15) is 49.8 Å². The van der Waals surface area contributed by atoms with Crippen molar-refractivity contribution >= 4 is 11.7 Å². The van der Waals surface area contributed by atoms with Crippen molar-refractivity contribution in [1.82, 2.24) is 9.78 Å². The minimum atomic E-state index is 0.0542. The third kappa shape index (κ3) is 3.21. The summed E-state index contributed by atoms with van der Waals surface area (Å²) in [6, 6.07) is 10.7. The molecule has 1 unspecified atom stereocenters. The number of aryl methyl sites for hydroxylation is 1. The van der Waals surface area contributed by atoms with E-state index in [4.69, 9.17) is 4.74 Å². The molecule has 1 amide bonds. The molecule has 0 aliphatic heterocycles. The van der Waals surface area contributed by atoms with Crippen molar-refractivity contribution in [2.24, 2.45) is 5.92 Å². The lowest BCUT2D eigenvalue weighted by molar-refractivity contribution is -0.128. The Balaban J connectivity index is 1.48. The average Bonchev–Trinajstić information content (AvgIpc) is 3.05. The van der Waals surface area contributed by atoms with Gasteiger partial charge in [0.2, 0.25) is 5.91 Å². The van der Waals surface area contributed by atoms with Crippen LogP contribution >= 0.6 is 0 Å². The van der Waals surface area contributed by atoms with Crippen LogP contribution in [0.25, 0.3) is 0 Å². The first kappa shape index (κ1) is 16.3. The largest absolute Gasteiger partial charge is 0.378 e. The van der Waals surface area contributed by atoms with E-state index in [1.54, 1.807) is 6.20 Å². The predicted molar refractivity (Wildman–Crippen MR) is 96.5 cm³/mol. The molecule has 1 heterocycles. The monoisotopic (exact) mass is 339 g/mol. The van der Waals surface area contributed by atoms with E-state index in [-0.39, 0.29) is 24.0 Å². The Morgan fingerprint density at radius 3 is 3.00 bits per heavy atom. The Morgan fingerprint density at radius 1 is 1.32 bits per heavy atom. The van der Waals surface area contributed by atoms with Crippen molar-refractivity contribution < 1.29 is 9.53 Å². The summed E-state index contributed by atoms with van der Waals surface area (Å²) in [7, 11) is 0. The van der Waals surface area contributed by atoms with Gasteiger partial charge in [0.05, 0.1) is 18.3 Å². The highest BCUT2D eigenvalue weighted by Gasteiger charge is 2.35. The minimum absolute atomic E-state index is 0.0542. The molecule has 0 radical (unpaired) electrons. The molecule has 1 saturated carbocycles. The summed E-state index contributed by atoms with van der Waals surface area (Å²) in [5, 5.41) is 7.61. The Hall–Kier alpha value is -2.14. The molecule has 132 valence electrons. The van der Waals surface area contributed by atoms with Crippen LogP contribution in [0.3, 0.4) is 0 Å². The van der Waals surface area contributed by atoms with Crippen LogP contribution < -0.4 is 5.32 Å². The Bertz CT molecular complexity index is 749. The van der Waals surface area contributed by atoms with E-state index in [2.05, 4.69) is 34.7 Å². The van der Waals surface area contributed by atoms with Crippen LogP contribution in [-0.4, -0.2) is 28.4 Å². The number of anilines is 1. The zero-order valence-corrected chi connectivity index (χ0v) is 14.6. The summed E-state index contributed by atoms with van der Waals surface area (Å²) < 4.78 is 7.53. The van der Waals surface area contributed by atoms with E-state index in [1.165, 1.54) is 11.1 Å². The fraction of sp³-hybridized carbons (Fsp3) is 0.500. The highest BCUT2D eigenvalue weighted by Crippen LogP contribution is 2.35. The summed E-state index contributed by atoms with van der Waals surface area (Å²) in [6.07, 6.45) is 6.98. The second-order valence-electron chi connectivity index (χ2n) is 7.00. The van der Waals surface area contributed by atoms with Crippen molar-refractivity contribution in [2.45, 2.75) is 51.2 Å². The maximum absolute atomic E-state index is 12.5. The lowest BCUT2D eigenvalue weighted by Crippen LogP contribution is -2.39. The number of aromatic nitrogens is 2. The third-order valence-electron chi connectivity index (χ3n) is 5.42. The summed E-state index contributed by atoms with van der Waals surface area (Å²) in [5.74, 6) is 0.937. The third-order valence-corrected chi connectivity index (χ3v) is 5.42. The van der Waals surface area contributed by atoms with Gasteiger partial charge in [0.1, 0.15) is 5.82 Å². The van der Waals surface area contributed by atoms with E-state index >= 15 is 0 Å². The normalized spacial score (nSPS) is 25.1. The van der Waals surface area contributed by atoms with E-state index in [0.29, 0.717) is 6.61 Å². The number of carbonyl (C=O) groups excluding carboxylic acids is 1. The molecule has 1 aromatic carbocycles. The molecule has 1 N–H and O–H groups in total. The fourth-order valence-corrected chi connectivity index (χ4v) is 4.02. The number of ether oxygens (including phenoxy) is 1. The SMILES string of the molecule is CCOC1CC(C(=O)Nc2ccnn2C2CCCc3ccccc32)C1. The maximum Gasteiger partial charge on any atom is 0.228 e. The van der Waals surface area contributed by atoms with Crippen LogP contribution in [0.4, 0.5) is 5.82 Å². The molecule has 0 bridgehead atoms. The van der Waals surface area contributed by atoms with E-state index < -0.39 is 0 Å². The van der Waals surface area contributed by atoms with Crippen molar-refractivity contribution in [3.8, 4) is 0 Å². The molecule has 4 rings (SSSR count). The molecule has 5 heteroatoms. The topological polar surface area (TPSA) is 56.1 Å². The Labute approximate surface area is 148 Å². The van der Waals surface area contributed by atoms with E-state index in [9.17, 15) is 4.79 Å². The van der Waals surface area contributed by atoms with Crippen LogP contribution in [0.2, 0.25) is 0 Å². The molecule has 1 atom stereocenters. The molecule has 1 aromatic heterocycles. The van der Waals surface area contributed by atoms with Gasteiger partial charge in [-0.15, -0.1) is 0 Å². The van der Waals surface area contributed by atoms with Crippen molar-refractivity contribution in [3.63, 3.8) is 0 Å². The number of amides is 1. The summed E-state index contributed by atoms with van der Waals surface area (Å²) in [5.41, 5.74) is 2.72. The molecule has 0 saturated heterocycles. The van der Waals surface area contributed by atoms with Crippen molar-refractivity contribution in [3.05, 3.63) is 47.7 Å². The quantitative estimate of drug-likeness (QED) is 0.906. The fourth-order valence-electron chi connectivity index (χ4n) is 4.02. The second kappa shape index (κ2) is 7.00. The molecular weight excluding hydrogens is 314 g/mol. The maximum atomic E-state index is 12.5. The zero-order valence-electron chi connectivity index (χ0n) is 14.6. The van der Waals surface area contributed by atoms with Gasteiger partial charge in [0.25, 0.3) is 0 Å². The smallest absolute Gasteiger partial charge is 0.228 e. The van der Waals surface area contributed by atoms with Gasteiger partial charge in [-0.25, -0.2) is 4.68 Å². The molecule has 2 aliphatic carbocycles. The van der Waals surface area contributed by atoms with Crippen LogP contribution in [0, 0.1) is 5.92 Å². The van der Waals surface area contributed by atoms with Gasteiger partial charge >= 0.3 is 0 Å². The Morgan fingerprint density at radius 2 is 2.16 bits per heavy atom. The standard InChI is InChI=1S/C20H25N3O2/c1-2-25-16-12-15(13-16)20(24)22-19-10-11-21-23(19)18-9-5-7-14-6-3-4-8-17(14)18/h3-4,6,8,10-11,15-16,18H,2,5,7,9,12-13H2,1H3,(H,22,24). The van der Waals surface area contributed by atoms with Crippen LogP contribution in [0.5, 0.6) is 0 Å². The van der Waals surface area contributed by atoms with E-state index in [0.717, 1.165) is 37.9 Å². The highest BCUT2D eigenvalue weighted by molar-refractivity contribution is 5.92. The van der Waals surface area contributed by atoms with Gasteiger partial charge in [-0.3, -0.25) is 4.79 Å². The van der Waals surface area contributed by atoms with E-state index in [1.807, 2.05) is 17.7 Å². The lowest BCUT2D eigenvalue weighted by atomic mass is 9.81. The highest BCUT2D eigenvalue weighted by atomic mass is 16.5. The summed E-state index contributed by atoms with van der Waals surface area (Å²) in [4.78, 5) is 12.5. The second-order valence-corrected chi connectivity index (χ2v) is 7.00. The molecule has 25 heavy (non-hydrogen) atoms. The number of nitrogens with zero attached hydrogens (tertiary/aromatic N) is 2. The summed E-state index contributed by atoms with van der Waals surface area (Å²) in [6.45, 7) is 2.71. The Kier molecular flexibility index (Phi) is 4.57. The molecule has 2 aromatic rings. The first-order chi connectivity index (χ1) is 12.3. The average molecular weight is 339 g/mol. The number of benzene rings is 1. The number of carbonyl (C=O) groups is 1. The van der Waals surface area contributed by atoms with Gasteiger partial charge in [-0.1, -0.05) is 24.3 Å². The number of fused-ring (bicyclic) bond motifs is 1. The van der Waals surface area contributed by atoms with Crippen molar-refractivity contribution in [1.29, 1.82) is 0 Å². The van der Waals surface area contributed by atoms with Crippen LogP contribution in [0.15, 0.2) is 36.5 Å². The van der Waals surface area contributed by atoms with Crippen molar-refractivity contribution in [2.75, 3.05) is 11.9 Å². The van der Waals surface area contributed by atoms with Gasteiger partial charge in [0.15, 0.2) is 0 Å². The molecule has 2 aliphatic rings.